The number of aliphatic carboxylic acids is 1. The quantitative estimate of drug-likeness (QED) is 0.302. The lowest BCUT2D eigenvalue weighted by Crippen LogP contribution is -2.55. The number of aliphatic hydroxyl groups is 1. The van der Waals surface area contributed by atoms with Gasteiger partial charge >= 0.3 is 5.97 Å². The zero-order valence-corrected chi connectivity index (χ0v) is 17.7. The van der Waals surface area contributed by atoms with E-state index in [1.54, 1.807) is 12.1 Å². The second-order valence-electron chi connectivity index (χ2n) is 5.43. The van der Waals surface area contributed by atoms with Crippen molar-refractivity contribution in [2.45, 2.75) is 38.5 Å². The number of carbonyl (C=O) groups is 3. The Bertz CT molecular complexity index is 657. The molecule has 0 aliphatic heterocycles. The molecule has 1 aromatic carbocycles. The number of aromatic hydroxyl groups is 1. The molecular formula is C15H18I2N2O6. The summed E-state index contributed by atoms with van der Waals surface area (Å²) in [7, 11) is 0. The summed E-state index contributed by atoms with van der Waals surface area (Å²) in [5.41, 5.74) is 0.685. The molecule has 1 rings (SSSR count). The van der Waals surface area contributed by atoms with Crippen molar-refractivity contribution in [2.24, 2.45) is 0 Å². The van der Waals surface area contributed by atoms with Gasteiger partial charge in [-0.3, -0.25) is 9.59 Å². The first-order valence-corrected chi connectivity index (χ1v) is 9.34. The summed E-state index contributed by atoms with van der Waals surface area (Å²) in [6.07, 6.45) is -1.20. The van der Waals surface area contributed by atoms with Crippen LogP contribution in [0.2, 0.25) is 0 Å². The monoisotopic (exact) mass is 576 g/mol. The Labute approximate surface area is 171 Å². The van der Waals surface area contributed by atoms with E-state index < -0.39 is 36.0 Å². The first-order valence-electron chi connectivity index (χ1n) is 7.18. The van der Waals surface area contributed by atoms with Gasteiger partial charge in [0.2, 0.25) is 11.8 Å². The molecule has 25 heavy (non-hydrogen) atoms. The number of amides is 2. The average molecular weight is 576 g/mol. The van der Waals surface area contributed by atoms with Crippen LogP contribution in [0.4, 0.5) is 0 Å². The van der Waals surface area contributed by atoms with E-state index in [1.165, 1.54) is 13.8 Å². The molecule has 0 saturated carbocycles. The van der Waals surface area contributed by atoms with E-state index in [2.05, 4.69) is 10.6 Å². The Morgan fingerprint density at radius 3 is 2.08 bits per heavy atom. The van der Waals surface area contributed by atoms with Crippen LogP contribution < -0.4 is 10.6 Å². The summed E-state index contributed by atoms with van der Waals surface area (Å²) in [5.74, 6) is -2.42. The summed E-state index contributed by atoms with van der Waals surface area (Å²) in [6, 6.07) is 0.839. The van der Waals surface area contributed by atoms with Gasteiger partial charge in [0.05, 0.1) is 13.2 Å². The highest BCUT2D eigenvalue weighted by Gasteiger charge is 2.29. The molecule has 0 bridgehead atoms. The van der Waals surface area contributed by atoms with Crippen molar-refractivity contribution >= 4 is 63.0 Å². The molecule has 0 heterocycles. The second kappa shape index (κ2) is 9.52. The Hall–Kier alpha value is -1.15. The highest BCUT2D eigenvalue weighted by molar-refractivity contribution is 14.1. The van der Waals surface area contributed by atoms with E-state index in [-0.39, 0.29) is 12.2 Å². The van der Waals surface area contributed by atoms with Crippen molar-refractivity contribution in [3.8, 4) is 5.75 Å². The molecule has 0 aliphatic rings. The maximum atomic E-state index is 12.4. The molecule has 0 radical (unpaired) electrons. The fraction of sp³-hybridized carbons (Fsp3) is 0.400. The Morgan fingerprint density at radius 1 is 1.16 bits per heavy atom. The van der Waals surface area contributed by atoms with Gasteiger partial charge in [-0.1, -0.05) is 0 Å². The van der Waals surface area contributed by atoms with Gasteiger partial charge in [-0.2, -0.15) is 0 Å². The first-order chi connectivity index (χ1) is 11.5. The number of carboxylic acid groups (broad SMARTS) is 1. The van der Waals surface area contributed by atoms with Crippen LogP contribution in [0.3, 0.4) is 0 Å². The number of hydrogen-bond donors (Lipinski definition) is 5. The summed E-state index contributed by atoms with van der Waals surface area (Å²) in [4.78, 5) is 34.9. The molecule has 5 N–H and O–H groups in total. The van der Waals surface area contributed by atoms with E-state index in [4.69, 9.17) is 5.11 Å². The predicted molar refractivity (Wildman–Crippen MR) is 106 cm³/mol. The number of carboxylic acids is 1. The van der Waals surface area contributed by atoms with E-state index >= 15 is 0 Å². The molecule has 0 spiro atoms. The minimum absolute atomic E-state index is 0.101. The Kier molecular flexibility index (Phi) is 8.34. The largest absolute Gasteiger partial charge is 0.506 e. The number of nitrogens with one attached hydrogen (secondary N) is 2. The Morgan fingerprint density at radius 2 is 1.68 bits per heavy atom. The minimum Gasteiger partial charge on any atom is -0.506 e. The van der Waals surface area contributed by atoms with Crippen molar-refractivity contribution in [1.29, 1.82) is 0 Å². The van der Waals surface area contributed by atoms with Gasteiger partial charge in [0.1, 0.15) is 11.8 Å². The molecule has 8 nitrogen and oxygen atoms in total. The van der Waals surface area contributed by atoms with Gasteiger partial charge in [-0.05, 0) is 69.8 Å². The van der Waals surface area contributed by atoms with Gasteiger partial charge in [-0.25, -0.2) is 4.79 Å². The van der Waals surface area contributed by atoms with Crippen molar-refractivity contribution in [1.82, 2.24) is 10.6 Å². The third kappa shape index (κ3) is 6.58. The molecule has 0 fully saturated rings. The standard InChI is InChI=1S/C15H18I2N2O6/c1-6(20)12(15(24)25)19-14(23)11(18-7(2)21)5-8-3-9(16)13(22)10(17)4-8/h3-4,6,11-12,20,22H,5H2,1-2H3,(H,18,21)(H,19,23)(H,24,25). The van der Waals surface area contributed by atoms with Crippen molar-refractivity contribution in [3.05, 3.63) is 24.8 Å². The normalized spacial score (nSPS) is 14.3. The fourth-order valence-electron chi connectivity index (χ4n) is 2.07. The number of hydrogen-bond acceptors (Lipinski definition) is 5. The lowest BCUT2D eigenvalue weighted by molar-refractivity contribution is -0.145. The van der Waals surface area contributed by atoms with Gasteiger partial charge in [-0.15, -0.1) is 0 Å². The highest BCUT2D eigenvalue weighted by atomic mass is 127. The third-order valence-corrected chi connectivity index (χ3v) is 4.90. The number of aliphatic hydroxyl groups excluding tert-OH is 1. The summed E-state index contributed by atoms with van der Waals surface area (Å²) in [5, 5.41) is 33.0. The summed E-state index contributed by atoms with van der Waals surface area (Å²) >= 11 is 3.90. The topological polar surface area (TPSA) is 136 Å². The molecule has 138 valence electrons. The van der Waals surface area contributed by atoms with Crippen LogP contribution in [-0.2, 0) is 20.8 Å². The second-order valence-corrected chi connectivity index (χ2v) is 7.75. The molecule has 3 unspecified atom stereocenters. The number of benzene rings is 1. The van der Waals surface area contributed by atoms with Crippen LogP contribution in [-0.4, -0.2) is 51.3 Å². The highest BCUT2D eigenvalue weighted by Crippen LogP contribution is 2.27. The van der Waals surface area contributed by atoms with Crippen LogP contribution in [0, 0.1) is 7.14 Å². The molecular weight excluding hydrogens is 558 g/mol. The van der Waals surface area contributed by atoms with Gasteiger partial charge in [0, 0.05) is 13.3 Å². The number of carbonyl (C=O) groups excluding carboxylic acids is 2. The lowest BCUT2D eigenvalue weighted by atomic mass is 10.0. The SMILES string of the molecule is CC(=O)NC(Cc1cc(I)c(O)c(I)c1)C(=O)NC(C(=O)O)C(C)O. The zero-order valence-electron chi connectivity index (χ0n) is 13.4. The van der Waals surface area contributed by atoms with Crippen molar-refractivity contribution < 1.29 is 29.7 Å². The molecule has 0 aromatic heterocycles. The first kappa shape index (κ1) is 21.9. The van der Waals surface area contributed by atoms with Crippen molar-refractivity contribution in [2.75, 3.05) is 0 Å². The number of phenolic OH excluding ortho intramolecular Hbond substituents is 1. The third-order valence-electron chi connectivity index (χ3n) is 3.26. The van der Waals surface area contributed by atoms with E-state index in [1.807, 2.05) is 45.2 Å². The zero-order chi connectivity index (χ0) is 19.3. The number of phenols is 1. The average Bonchev–Trinajstić information content (AvgIpc) is 2.48. The molecule has 2 amide bonds. The van der Waals surface area contributed by atoms with E-state index in [0.29, 0.717) is 12.7 Å². The number of halogens is 2. The van der Waals surface area contributed by atoms with Gasteiger partial charge in [0.15, 0.2) is 6.04 Å². The van der Waals surface area contributed by atoms with Crippen molar-refractivity contribution in [3.63, 3.8) is 0 Å². The smallest absolute Gasteiger partial charge is 0.328 e. The predicted octanol–water partition coefficient (Wildman–Crippen LogP) is 0.599. The molecule has 10 heteroatoms. The maximum Gasteiger partial charge on any atom is 0.328 e. The fourth-order valence-corrected chi connectivity index (χ4v) is 3.97. The van der Waals surface area contributed by atoms with E-state index in [9.17, 15) is 24.6 Å². The number of rotatable bonds is 7. The molecule has 3 atom stereocenters. The van der Waals surface area contributed by atoms with Crippen LogP contribution in [0.1, 0.15) is 19.4 Å². The maximum absolute atomic E-state index is 12.4. The van der Waals surface area contributed by atoms with E-state index in [0.717, 1.165) is 0 Å². The van der Waals surface area contributed by atoms with Crippen LogP contribution in [0.15, 0.2) is 12.1 Å². The van der Waals surface area contributed by atoms with Crippen LogP contribution in [0.5, 0.6) is 5.75 Å². The molecule has 1 aromatic rings. The summed E-state index contributed by atoms with van der Waals surface area (Å²) in [6.45, 7) is 2.49. The van der Waals surface area contributed by atoms with Gasteiger partial charge < -0.3 is 26.0 Å². The van der Waals surface area contributed by atoms with Crippen LogP contribution >= 0.6 is 45.2 Å². The minimum atomic E-state index is -1.48. The lowest BCUT2D eigenvalue weighted by Gasteiger charge is -2.22. The summed E-state index contributed by atoms with van der Waals surface area (Å²) < 4.78 is 1.18. The van der Waals surface area contributed by atoms with Crippen LogP contribution in [0.25, 0.3) is 0 Å². The molecule has 0 aliphatic carbocycles. The molecule has 0 saturated heterocycles. The Balaban J connectivity index is 3.02. The van der Waals surface area contributed by atoms with Gasteiger partial charge in [0.25, 0.3) is 0 Å².